The Kier molecular flexibility index (Phi) is 3.33. The molecule has 0 saturated heterocycles. The second-order valence-electron chi connectivity index (χ2n) is 3.09. The van der Waals surface area contributed by atoms with E-state index in [1.165, 1.54) is 12.3 Å². The molecule has 88 valence electrons. The normalized spacial score (nSPS) is 10.4. The van der Waals surface area contributed by atoms with Crippen molar-refractivity contribution in [1.29, 1.82) is 0 Å². The summed E-state index contributed by atoms with van der Waals surface area (Å²) in [6.07, 6.45) is 1.31. The molecule has 0 unspecified atom stereocenters. The molecule has 0 amide bonds. The van der Waals surface area contributed by atoms with Crippen molar-refractivity contribution in [2.24, 2.45) is 0 Å². The van der Waals surface area contributed by atoms with E-state index in [0.717, 1.165) is 18.2 Å². The SMILES string of the molecule is Fc1cccnc1Oc1cc(F)c(Br)c(F)c1. The number of aromatic nitrogens is 1. The fourth-order valence-electron chi connectivity index (χ4n) is 1.15. The highest BCUT2D eigenvalue weighted by Crippen LogP contribution is 2.28. The second kappa shape index (κ2) is 4.75. The molecular weight excluding hydrogens is 299 g/mol. The van der Waals surface area contributed by atoms with E-state index in [0.29, 0.717) is 0 Å². The molecule has 0 saturated carbocycles. The van der Waals surface area contributed by atoms with Crippen LogP contribution in [0.3, 0.4) is 0 Å². The lowest BCUT2D eigenvalue weighted by atomic mass is 10.3. The molecule has 2 aromatic rings. The zero-order chi connectivity index (χ0) is 12.4. The fraction of sp³-hybridized carbons (Fsp3) is 0. The Morgan fingerprint density at radius 1 is 1.06 bits per heavy atom. The van der Waals surface area contributed by atoms with Crippen molar-refractivity contribution in [3.8, 4) is 11.6 Å². The summed E-state index contributed by atoms with van der Waals surface area (Å²) >= 11 is 2.72. The predicted octanol–water partition coefficient (Wildman–Crippen LogP) is 4.05. The topological polar surface area (TPSA) is 22.1 Å². The Hall–Kier alpha value is -1.56. The zero-order valence-corrected chi connectivity index (χ0v) is 9.84. The Bertz CT molecular complexity index is 539. The van der Waals surface area contributed by atoms with Gasteiger partial charge in [-0.2, -0.15) is 0 Å². The highest BCUT2D eigenvalue weighted by atomic mass is 79.9. The maximum absolute atomic E-state index is 13.2. The fourth-order valence-corrected chi connectivity index (χ4v) is 1.38. The maximum Gasteiger partial charge on any atom is 0.255 e. The van der Waals surface area contributed by atoms with Crippen molar-refractivity contribution >= 4 is 15.9 Å². The molecule has 0 aliphatic heterocycles. The molecule has 0 spiro atoms. The van der Waals surface area contributed by atoms with Crippen LogP contribution in [0, 0.1) is 17.5 Å². The summed E-state index contributed by atoms with van der Waals surface area (Å²) in [4.78, 5) is 3.60. The van der Waals surface area contributed by atoms with Gasteiger partial charge in [-0.3, -0.25) is 0 Å². The Morgan fingerprint density at radius 2 is 1.71 bits per heavy atom. The van der Waals surface area contributed by atoms with Gasteiger partial charge >= 0.3 is 0 Å². The molecule has 0 fully saturated rings. The van der Waals surface area contributed by atoms with Gasteiger partial charge in [-0.05, 0) is 28.1 Å². The van der Waals surface area contributed by atoms with Crippen LogP contribution in [0.4, 0.5) is 13.2 Å². The van der Waals surface area contributed by atoms with Crippen LogP contribution in [-0.4, -0.2) is 4.98 Å². The lowest BCUT2D eigenvalue weighted by Gasteiger charge is -2.06. The van der Waals surface area contributed by atoms with Gasteiger partial charge in [-0.25, -0.2) is 18.2 Å². The molecule has 17 heavy (non-hydrogen) atoms. The van der Waals surface area contributed by atoms with Gasteiger partial charge in [0, 0.05) is 18.3 Å². The van der Waals surface area contributed by atoms with Gasteiger partial charge in [-0.1, -0.05) is 0 Å². The average molecular weight is 304 g/mol. The molecule has 0 bridgehead atoms. The van der Waals surface area contributed by atoms with Gasteiger partial charge in [0.15, 0.2) is 5.82 Å². The quantitative estimate of drug-likeness (QED) is 0.781. The van der Waals surface area contributed by atoms with Crippen LogP contribution in [0.2, 0.25) is 0 Å². The molecule has 0 aliphatic carbocycles. The molecule has 0 radical (unpaired) electrons. The van der Waals surface area contributed by atoms with E-state index in [-0.39, 0.29) is 16.1 Å². The standard InChI is InChI=1S/C11H5BrF3NO/c12-10-8(14)4-6(5-9(10)15)17-11-7(13)2-1-3-16-11/h1-5H. The lowest BCUT2D eigenvalue weighted by Crippen LogP contribution is -1.93. The smallest absolute Gasteiger partial charge is 0.255 e. The van der Waals surface area contributed by atoms with Crippen molar-refractivity contribution in [2.45, 2.75) is 0 Å². The molecule has 1 aromatic heterocycles. The first-order chi connectivity index (χ1) is 8.08. The highest BCUT2D eigenvalue weighted by molar-refractivity contribution is 9.10. The summed E-state index contributed by atoms with van der Waals surface area (Å²) in [6.45, 7) is 0. The molecule has 0 aliphatic rings. The van der Waals surface area contributed by atoms with E-state index >= 15 is 0 Å². The molecule has 0 atom stereocenters. The van der Waals surface area contributed by atoms with Gasteiger partial charge in [0.05, 0.1) is 4.47 Å². The second-order valence-corrected chi connectivity index (χ2v) is 3.89. The van der Waals surface area contributed by atoms with Crippen LogP contribution in [0.15, 0.2) is 34.9 Å². The molecular formula is C11H5BrF3NO. The summed E-state index contributed by atoms with van der Waals surface area (Å²) in [5.41, 5.74) is 0. The van der Waals surface area contributed by atoms with Crippen molar-refractivity contribution in [3.05, 3.63) is 52.4 Å². The van der Waals surface area contributed by atoms with Crippen LogP contribution in [0.5, 0.6) is 11.6 Å². The third kappa shape index (κ3) is 2.58. The Morgan fingerprint density at radius 3 is 2.29 bits per heavy atom. The van der Waals surface area contributed by atoms with Gasteiger partial charge in [0.1, 0.15) is 17.4 Å². The van der Waals surface area contributed by atoms with E-state index in [9.17, 15) is 13.2 Å². The van der Waals surface area contributed by atoms with Crippen molar-refractivity contribution < 1.29 is 17.9 Å². The Labute approximate surface area is 103 Å². The van der Waals surface area contributed by atoms with Crippen LogP contribution in [-0.2, 0) is 0 Å². The minimum absolute atomic E-state index is 0.166. The number of benzene rings is 1. The molecule has 1 aromatic carbocycles. The van der Waals surface area contributed by atoms with Gasteiger partial charge in [0.25, 0.3) is 5.88 Å². The van der Waals surface area contributed by atoms with E-state index in [2.05, 4.69) is 20.9 Å². The largest absolute Gasteiger partial charge is 0.436 e. The first-order valence-electron chi connectivity index (χ1n) is 4.51. The number of hydrogen-bond acceptors (Lipinski definition) is 2. The number of halogens is 4. The minimum atomic E-state index is -0.837. The lowest BCUT2D eigenvalue weighted by molar-refractivity contribution is 0.415. The number of nitrogens with zero attached hydrogens (tertiary/aromatic N) is 1. The van der Waals surface area contributed by atoms with Gasteiger partial charge in [0.2, 0.25) is 0 Å². The maximum atomic E-state index is 13.2. The molecule has 2 nitrogen and oxygen atoms in total. The van der Waals surface area contributed by atoms with Crippen LogP contribution in [0.25, 0.3) is 0 Å². The molecule has 0 N–H and O–H groups in total. The van der Waals surface area contributed by atoms with E-state index < -0.39 is 17.5 Å². The molecule has 6 heteroatoms. The molecule has 1 heterocycles. The summed E-state index contributed by atoms with van der Waals surface area (Å²) in [7, 11) is 0. The number of ether oxygens (including phenoxy) is 1. The average Bonchev–Trinajstić information content (AvgIpc) is 2.29. The number of rotatable bonds is 2. The Balaban J connectivity index is 2.34. The van der Waals surface area contributed by atoms with Crippen LogP contribution in [0.1, 0.15) is 0 Å². The van der Waals surface area contributed by atoms with Crippen molar-refractivity contribution in [3.63, 3.8) is 0 Å². The predicted molar refractivity (Wildman–Crippen MR) is 58.3 cm³/mol. The first kappa shape index (κ1) is 11.9. The molecule has 2 rings (SSSR count). The summed E-state index contributed by atoms with van der Waals surface area (Å²) < 4.78 is 44.1. The van der Waals surface area contributed by atoms with E-state index in [4.69, 9.17) is 4.74 Å². The van der Waals surface area contributed by atoms with Crippen LogP contribution < -0.4 is 4.74 Å². The van der Waals surface area contributed by atoms with Gasteiger partial charge < -0.3 is 4.74 Å². The third-order valence-electron chi connectivity index (χ3n) is 1.90. The monoisotopic (exact) mass is 303 g/mol. The van der Waals surface area contributed by atoms with Gasteiger partial charge in [-0.15, -0.1) is 0 Å². The summed E-state index contributed by atoms with van der Waals surface area (Å²) in [5, 5.41) is 0. The number of pyridine rings is 1. The zero-order valence-electron chi connectivity index (χ0n) is 8.25. The summed E-state index contributed by atoms with van der Waals surface area (Å²) in [6, 6.07) is 4.38. The van der Waals surface area contributed by atoms with Crippen LogP contribution >= 0.6 is 15.9 Å². The third-order valence-corrected chi connectivity index (χ3v) is 2.65. The number of hydrogen-bond donors (Lipinski definition) is 0. The summed E-state index contributed by atoms with van der Waals surface area (Å²) in [5.74, 6) is -2.89. The van der Waals surface area contributed by atoms with E-state index in [1.807, 2.05) is 0 Å². The highest BCUT2D eigenvalue weighted by Gasteiger charge is 2.11. The first-order valence-corrected chi connectivity index (χ1v) is 5.30. The van der Waals surface area contributed by atoms with E-state index in [1.54, 1.807) is 0 Å². The minimum Gasteiger partial charge on any atom is -0.436 e. The van der Waals surface area contributed by atoms with Crippen molar-refractivity contribution in [2.75, 3.05) is 0 Å². The van der Waals surface area contributed by atoms with Crippen molar-refractivity contribution in [1.82, 2.24) is 4.98 Å².